The Bertz CT molecular complexity index is 1320. The van der Waals surface area contributed by atoms with Crippen LogP contribution in [0.4, 0.5) is 0 Å². The van der Waals surface area contributed by atoms with Crippen molar-refractivity contribution in [3.63, 3.8) is 0 Å². The van der Waals surface area contributed by atoms with Gasteiger partial charge in [-0.15, -0.1) is 21.5 Å². The van der Waals surface area contributed by atoms with E-state index >= 15 is 0 Å². The number of carbonyl (C=O) groups excluding carboxylic acids is 1. The highest BCUT2D eigenvalue weighted by atomic mass is 32.1. The molecule has 5 aromatic rings. The zero-order valence-corrected chi connectivity index (χ0v) is 16.8. The molecule has 0 unspecified atom stereocenters. The fourth-order valence-corrected chi connectivity index (χ4v) is 4.07. The maximum atomic E-state index is 12.5. The normalized spacial score (nSPS) is 11.2. The van der Waals surface area contributed by atoms with E-state index in [-0.39, 0.29) is 5.91 Å². The van der Waals surface area contributed by atoms with Crippen LogP contribution in [0.1, 0.15) is 16.4 Å². The average Bonchev–Trinajstić information content (AvgIpc) is 3.54. The molecule has 5 rings (SSSR count). The number of aromatic nitrogens is 4. The smallest absolute Gasteiger partial charge is 0.283 e. The first-order valence-electron chi connectivity index (χ1n) is 9.34. The fourth-order valence-electron chi connectivity index (χ4n) is 3.22. The Morgan fingerprint density at radius 2 is 2.10 bits per heavy atom. The summed E-state index contributed by atoms with van der Waals surface area (Å²) in [6, 6.07) is 13.7. The number of aryl methyl sites for hydroxylation is 1. The van der Waals surface area contributed by atoms with Crippen LogP contribution in [-0.4, -0.2) is 32.2 Å². The molecular weight excluding hydrogens is 402 g/mol. The van der Waals surface area contributed by atoms with Crippen LogP contribution in [0.2, 0.25) is 0 Å². The summed E-state index contributed by atoms with van der Waals surface area (Å²) in [7, 11) is 2.00. The molecule has 1 aromatic carbocycles. The van der Waals surface area contributed by atoms with Crippen LogP contribution in [0, 0.1) is 0 Å². The molecule has 1 amide bonds. The third-order valence-electron chi connectivity index (χ3n) is 4.73. The molecule has 0 saturated heterocycles. The Morgan fingerprint density at radius 1 is 1.20 bits per heavy atom. The molecule has 0 atom stereocenters. The van der Waals surface area contributed by atoms with E-state index in [9.17, 15) is 4.79 Å². The lowest BCUT2D eigenvalue weighted by atomic mass is 10.2. The van der Waals surface area contributed by atoms with Gasteiger partial charge in [-0.3, -0.25) is 4.79 Å². The molecule has 0 bridgehead atoms. The van der Waals surface area contributed by atoms with E-state index in [2.05, 4.69) is 43.3 Å². The molecule has 4 aromatic heterocycles. The molecule has 0 aliphatic heterocycles. The lowest BCUT2D eigenvalue weighted by Crippen LogP contribution is -2.26. The van der Waals surface area contributed by atoms with Crippen LogP contribution < -0.4 is 5.32 Å². The monoisotopic (exact) mass is 419 g/mol. The molecule has 30 heavy (non-hydrogen) atoms. The quantitative estimate of drug-likeness (QED) is 0.448. The number of para-hydroxylation sites is 1. The summed E-state index contributed by atoms with van der Waals surface area (Å²) < 4.78 is 12.8. The van der Waals surface area contributed by atoms with Crippen LogP contribution in [0.5, 0.6) is 0 Å². The second-order valence-corrected chi connectivity index (χ2v) is 7.53. The minimum Gasteiger partial charge on any atom is -0.459 e. The minimum atomic E-state index is -0.234. The van der Waals surface area contributed by atoms with E-state index in [1.807, 2.05) is 19.2 Å². The first-order valence-corrected chi connectivity index (χ1v) is 10.2. The molecule has 0 spiro atoms. The van der Waals surface area contributed by atoms with Gasteiger partial charge in [0.1, 0.15) is 10.7 Å². The number of benzene rings is 1. The molecule has 0 saturated carbocycles. The van der Waals surface area contributed by atoms with Crippen molar-refractivity contribution >= 4 is 28.1 Å². The number of nitrogens with zero attached hydrogens (tertiary/aromatic N) is 4. The van der Waals surface area contributed by atoms with Crippen LogP contribution in [0.3, 0.4) is 0 Å². The summed E-state index contributed by atoms with van der Waals surface area (Å²) in [6.45, 7) is 0.361. The van der Waals surface area contributed by atoms with Crippen molar-refractivity contribution in [2.75, 3.05) is 6.54 Å². The van der Waals surface area contributed by atoms with Crippen molar-refractivity contribution in [3.8, 4) is 22.4 Å². The largest absolute Gasteiger partial charge is 0.459 e. The molecule has 9 heteroatoms. The van der Waals surface area contributed by atoms with Gasteiger partial charge in [-0.2, -0.15) is 0 Å². The Balaban J connectivity index is 1.23. The lowest BCUT2D eigenvalue weighted by Gasteiger charge is -2.01. The van der Waals surface area contributed by atoms with E-state index in [4.69, 9.17) is 8.83 Å². The SMILES string of the molecule is Cn1c(-c2nc(C(=O)NCCc3nnc(-c4ccco4)o3)cs2)cc2ccccc21. The summed E-state index contributed by atoms with van der Waals surface area (Å²) in [6.07, 6.45) is 1.96. The van der Waals surface area contributed by atoms with E-state index < -0.39 is 0 Å². The van der Waals surface area contributed by atoms with Crippen LogP contribution >= 0.6 is 11.3 Å². The number of fused-ring (bicyclic) bond motifs is 1. The third kappa shape index (κ3) is 3.39. The summed E-state index contributed by atoms with van der Waals surface area (Å²) >= 11 is 1.45. The number of furan rings is 1. The number of nitrogens with one attached hydrogen (secondary N) is 1. The first kappa shape index (κ1) is 18.3. The molecule has 1 N–H and O–H groups in total. The molecule has 0 fully saturated rings. The third-order valence-corrected chi connectivity index (χ3v) is 5.60. The fraction of sp³-hybridized carbons (Fsp3) is 0.143. The predicted molar refractivity (Wildman–Crippen MR) is 112 cm³/mol. The number of hydrogen-bond acceptors (Lipinski definition) is 7. The van der Waals surface area contributed by atoms with Crippen LogP contribution in [0.25, 0.3) is 33.3 Å². The van der Waals surface area contributed by atoms with Crippen LogP contribution in [0.15, 0.2) is 62.9 Å². The number of carbonyl (C=O) groups is 1. The number of thiazole rings is 1. The van der Waals surface area contributed by atoms with Gasteiger partial charge in [-0.25, -0.2) is 4.98 Å². The van der Waals surface area contributed by atoms with Crippen LogP contribution in [-0.2, 0) is 13.5 Å². The Labute approximate surface area is 175 Å². The second-order valence-electron chi connectivity index (χ2n) is 6.67. The second kappa shape index (κ2) is 7.60. The van der Waals surface area contributed by atoms with Crippen molar-refractivity contribution in [2.24, 2.45) is 7.05 Å². The molecule has 150 valence electrons. The van der Waals surface area contributed by atoms with Crippen molar-refractivity contribution < 1.29 is 13.6 Å². The van der Waals surface area contributed by atoms with Gasteiger partial charge in [0.2, 0.25) is 5.89 Å². The van der Waals surface area contributed by atoms with Gasteiger partial charge in [0.25, 0.3) is 11.8 Å². The molecule has 0 aliphatic carbocycles. The number of amides is 1. The standard InChI is InChI=1S/C21H17N5O3S/c1-26-15-6-3-2-5-13(15)11-16(26)21-23-14(12-30-21)19(27)22-9-8-18-24-25-20(29-18)17-7-4-10-28-17/h2-7,10-12H,8-9H2,1H3,(H,22,27). The molecule has 0 aliphatic rings. The maximum Gasteiger partial charge on any atom is 0.283 e. The van der Waals surface area contributed by atoms with Gasteiger partial charge < -0.3 is 18.7 Å². The summed E-state index contributed by atoms with van der Waals surface area (Å²) in [5.74, 6) is 1.03. The van der Waals surface area contributed by atoms with Crippen molar-refractivity contribution in [1.29, 1.82) is 0 Å². The van der Waals surface area contributed by atoms with Gasteiger partial charge >= 0.3 is 0 Å². The molecular formula is C21H17N5O3S. The number of hydrogen-bond donors (Lipinski definition) is 1. The maximum absolute atomic E-state index is 12.5. The van der Waals surface area contributed by atoms with Crippen molar-refractivity contribution in [3.05, 3.63) is 65.7 Å². The zero-order chi connectivity index (χ0) is 20.5. The summed E-state index contributed by atoms with van der Waals surface area (Å²) in [4.78, 5) is 17.0. The Kier molecular flexibility index (Phi) is 4.64. The van der Waals surface area contributed by atoms with Gasteiger partial charge in [0.05, 0.1) is 12.0 Å². The molecule has 8 nitrogen and oxygen atoms in total. The average molecular weight is 419 g/mol. The van der Waals surface area contributed by atoms with Gasteiger partial charge in [0, 0.05) is 36.3 Å². The predicted octanol–water partition coefficient (Wildman–Crippen LogP) is 3.92. The van der Waals surface area contributed by atoms with Crippen molar-refractivity contribution in [2.45, 2.75) is 6.42 Å². The van der Waals surface area contributed by atoms with E-state index in [0.717, 1.165) is 21.6 Å². The summed E-state index contributed by atoms with van der Waals surface area (Å²) in [5.41, 5.74) is 2.50. The summed E-state index contributed by atoms with van der Waals surface area (Å²) in [5, 5.41) is 14.5. The Hall–Kier alpha value is -3.72. The first-order chi connectivity index (χ1) is 14.7. The molecule has 4 heterocycles. The Morgan fingerprint density at radius 3 is 2.93 bits per heavy atom. The van der Waals surface area contributed by atoms with E-state index in [1.54, 1.807) is 23.8 Å². The highest BCUT2D eigenvalue weighted by molar-refractivity contribution is 7.13. The van der Waals surface area contributed by atoms with Gasteiger partial charge in [-0.05, 0) is 24.3 Å². The zero-order valence-electron chi connectivity index (χ0n) is 16.0. The van der Waals surface area contributed by atoms with Crippen molar-refractivity contribution in [1.82, 2.24) is 25.1 Å². The molecule has 0 radical (unpaired) electrons. The van der Waals surface area contributed by atoms with E-state index in [0.29, 0.717) is 36.2 Å². The topological polar surface area (TPSA) is 99.0 Å². The van der Waals surface area contributed by atoms with Gasteiger partial charge in [-0.1, -0.05) is 18.2 Å². The highest BCUT2D eigenvalue weighted by Crippen LogP contribution is 2.29. The van der Waals surface area contributed by atoms with Gasteiger partial charge in [0.15, 0.2) is 5.76 Å². The number of rotatable bonds is 6. The highest BCUT2D eigenvalue weighted by Gasteiger charge is 2.16. The lowest BCUT2D eigenvalue weighted by molar-refractivity contribution is 0.0949. The minimum absolute atomic E-state index is 0.234. The van der Waals surface area contributed by atoms with E-state index in [1.165, 1.54) is 11.3 Å².